The Labute approximate surface area is 128 Å². The molecule has 0 spiro atoms. The Hall–Kier alpha value is -2.89. The number of aliphatic carboxylic acids is 1. The Balaban J connectivity index is 2.12. The summed E-state index contributed by atoms with van der Waals surface area (Å²) in [6.45, 7) is 2.13. The Bertz CT molecular complexity index is 698. The van der Waals surface area contributed by atoms with E-state index in [0.29, 0.717) is 17.1 Å². The Morgan fingerprint density at radius 1 is 1.32 bits per heavy atom. The van der Waals surface area contributed by atoms with E-state index in [1.807, 2.05) is 6.92 Å². The lowest BCUT2D eigenvalue weighted by Crippen LogP contribution is -2.01. The highest BCUT2D eigenvalue weighted by Crippen LogP contribution is 2.29. The molecule has 0 aliphatic rings. The summed E-state index contributed by atoms with van der Waals surface area (Å²) in [6, 6.07) is 5.18. The summed E-state index contributed by atoms with van der Waals surface area (Å²) in [4.78, 5) is 18.9. The Morgan fingerprint density at radius 2 is 2.14 bits per heavy atom. The van der Waals surface area contributed by atoms with Gasteiger partial charge in [-0.3, -0.25) is 9.97 Å². The zero-order chi connectivity index (χ0) is 15.9. The van der Waals surface area contributed by atoms with Gasteiger partial charge in [-0.2, -0.15) is 0 Å². The molecule has 0 saturated heterocycles. The first kappa shape index (κ1) is 15.5. The lowest BCUT2D eigenvalue weighted by Gasteiger charge is -2.11. The van der Waals surface area contributed by atoms with Crippen LogP contribution in [0.25, 0.3) is 6.08 Å². The topological polar surface area (TPSA) is 81.5 Å². The first-order chi connectivity index (χ1) is 10.6. The lowest BCUT2D eigenvalue weighted by atomic mass is 10.2. The summed E-state index contributed by atoms with van der Waals surface area (Å²) < 4.78 is 10.9. The molecule has 1 N–H and O–H groups in total. The summed E-state index contributed by atoms with van der Waals surface area (Å²) in [6.07, 6.45) is 5.87. The standard InChI is InChI=1S/C16H16N2O4/c1-11-8-17-9-13(18-11)10-22-14-5-3-12(4-6-16(19)20)7-15(14)21-2/h3-9H,10H2,1-2H3,(H,19,20)/b6-4+. The minimum absolute atomic E-state index is 0.273. The fraction of sp³-hybridized carbons (Fsp3) is 0.188. The molecular weight excluding hydrogens is 284 g/mol. The van der Waals surface area contributed by atoms with E-state index in [1.54, 1.807) is 30.6 Å². The minimum atomic E-state index is -1.00. The predicted octanol–water partition coefficient (Wildman–Crippen LogP) is 2.47. The van der Waals surface area contributed by atoms with Crippen molar-refractivity contribution in [3.63, 3.8) is 0 Å². The highest BCUT2D eigenvalue weighted by atomic mass is 16.5. The molecule has 0 amide bonds. The molecule has 6 nitrogen and oxygen atoms in total. The van der Waals surface area contributed by atoms with Gasteiger partial charge in [0.1, 0.15) is 6.61 Å². The predicted molar refractivity (Wildman–Crippen MR) is 80.8 cm³/mol. The summed E-state index contributed by atoms with van der Waals surface area (Å²) in [5, 5.41) is 8.63. The molecule has 2 aromatic rings. The van der Waals surface area contributed by atoms with Crippen LogP contribution in [0.2, 0.25) is 0 Å². The molecule has 1 heterocycles. The number of rotatable bonds is 6. The molecule has 0 saturated carbocycles. The SMILES string of the molecule is COc1cc(/C=C/C(=O)O)ccc1OCc1cncc(C)n1. The van der Waals surface area contributed by atoms with Crippen LogP contribution in [0, 0.1) is 6.92 Å². The van der Waals surface area contributed by atoms with Crippen molar-refractivity contribution >= 4 is 12.0 Å². The van der Waals surface area contributed by atoms with Crippen LogP contribution in [0.5, 0.6) is 11.5 Å². The van der Waals surface area contributed by atoms with Crippen molar-refractivity contribution in [3.05, 3.63) is 53.6 Å². The van der Waals surface area contributed by atoms with Crippen LogP contribution in [0.1, 0.15) is 17.0 Å². The van der Waals surface area contributed by atoms with Crippen LogP contribution in [0.3, 0.4) is 0 Å². The summed E-state index contributed by atoms with van der Waals surface area (Å²) >= 11 is 0. The zero-order valence-electron chi connectivity index (χ0n) is 12.3. The molecule has 114 valence electrons. The monoisotopic (exact) mass is 300 g/mol. The fourth-order valence-corrected chi connectivity index (χ4v) is 1.81. The van der Waals surface area contributed by atoms with Gasteiger partial charge < -0.3 is 14.6 Å². The van der Waals surface area contributed by atoms with E-state index in [-0.39, 0.29) is 6.61 Å². The smallest absolute Gasteiger partial charge is 0.328 e. The number of benzene rings is 1. The number of aromatic nitrogens is 2. The van der Waals surface area contributed by atoms with E-state index in [1.165, 1.54) is 13.2 Å². The van der Waals surface area contributed by atoms with Crippen molar-refractivity contribution in [2.24, 2.45) is 0 Å². The van der Waals surface area contributed by atoms with Gasteiger partial charge in [-0.25, -0.2) is 4.79 Å². The molecule has 0 fully saturated rings. The van der Waals surface area contributed by atoms with Crippen molar-refractivity contribution in [2.75, 3.05) is 7.11 Å². The van der Waals surface area contributed by atoms with Crippen LogP contribution in [-0.2, 0) is 11.4 Å². The van der Waals surface area contributed by atoms with E-state index >= 15 is 0 Å². The number of aryl methyl sites for hydroxylation is 1. The quantitative estimate of drug-likeness (QED) is 0.825. The number of methoxy groups -OCH3 is 1. The first-order valence-corrected chi connectivity index (χ1v) is 6.58. The molecule has 22 heavy (non-hydrogen) atoms. The zero-order valence-corrected chi connectivity index (χ0v) is 12.3. The number of hydrogen-bond donors (Lipinski definition) is 1. The molecular formula is C16H16N2O4. The van der Waals surface area contributed by atoms with Gasteiger partial charge in [-0.1, -0.05) is 6.07 Å². The third-order valence-electron chi connectivity index (χ3n) is 2.79. The van der Waals surface area contributed by atoms with Gasteiger partial charge in [0.2, 0.25) is 0 Å². The average molecular weight is 300 g/mol. The second-order valence-electron chi connectivity index (χ2n) is 4.52. The van der Waals surface area contributed by atoms with Gasteiger partial charge in [0.05, 0.1) is 24.7 Å². The molecule has 1 aromatic heterocycles. The van der Waals surface area contributed by atoms with Crippen LogP contribution >= 0.6 is 0 Å². The molecule has 0 aliphatic heterocycles. The molecule has 2 rings (SSSR count). The van der Waals surface area contributed by atoms with Gasteiger partial charge in [0, 0.05) is 12.3 Å². The largest absolute Gasteiger partial charge is 0.493 e. The molecule has 0 atom stereocenters. The van der Waals surface area contributed by atoms with Crippen LogP contribution in [0.4, 0.5) is 0 Å². The van der Waals surface area contributed by atoms with Crippen molar-refractivity contribution in [2.45, 2.75) is 13.5 Å². The number of carboxylic acid groups (broad SMARTS) is 1. The third kappa shape index (κ3) is 4.31. The lowest BCUT2D eigenvalue weighted by molar-refractivity contribution is -0.131. The molecule has 6 heteroatoms. The number of ether oxygens (including phenoxy) is 2. The maximum atomic E-state index is 10.5. The van der Waals surface area contributed by atoms with Crippen molar-refractivity contribution in [1.29, 1.82) is 0 Å². The van der Waals surface area contributed by atoms with E-state index in [0.717, 1.165) is 17.5 Å². The van der Waals surface area contributed by atoms with E-state index in [9.17, 15) is 4.79 Å². The summed E-state index contributed by atoms with van der Waals surface area (Å²) in [7, 11) is 1.53. The highest BCUT2D eigenvalue weighted by Gasteiger charge is 2.06. The molecule has 0 bridgehead atoms. The van der Waals surface area contributed by atoms with Crippen molar-refractivity contribution < 1.29 is 19.4 Å². The Morgan fingerprint density at radius 3 is 2.82 bits per heavy atom. The van der Waals surface area contributed by atoms with Crippen LogP contribution in [0.15, 0.2) is 36.7 Å². The van der Waals surface area contributed by atoms with Crippen molar-refractivity contribution in [1.82, 2.24) is 9.97 Å². The summed E-state index contributed by atoms with van der Waals surface area (Å²) in [5.41, 5.74) is 2.25. The molecule has 1 aromatic carbocycles. The average Bonchev–Trinajstić information content (AvgIpc) is 2.51. The van der Waals surface area contributed by atoms with Gasteiger partial charge in [0.15, 0.2) is 11.5 Å². The summed E-state index contributed by atoms with van der Waals surface area (Å²) in [5.74, 6) is 0.0729. The van der Waals surface area contributed by atoms with E-state index in [4.69, 9.17) is 14.6 Å². The number of carboxylic acids is 1. The normalized spacial score (nSPS) is 10.6. The second-order valence-corrected chi connectivity index (χ2v) is 4.52. The van der Waals surface area contributed by atoms with Gasteiger partial charge in [-0.15, -0.1) is 0 Å². The maximum absolute atomic E-state index is 10.5. The minimum Gasteiger partial charge on any atom is -0.493 e. The van der Waals surface area contributed by atoms with Crippen molar-refractivity contribution in [3.8, 4) is 11.5 Å². The molecule has 0 radical (unpaired) electrons. The Kier molecular flexibility index (Phi) is 5.08. The van der Waals surface area contributed by atoms with Gasteiger partial charge >= 0.3 is 5.97 Å². The maximum Gasteiger partial charge on any atom is 0.328 e. The van der Waals surface area contributed by atoms with Gasteiger partial charge in [0.25, 0.3) is 0 Å². The fourth-order valence-electron chi connectivity index (χ4n) is 1.81. The van der Waals surface area contributed by atoms with Crippen LogP contribution in [-0.4, -0.2) is 28.2 Å². The first-order valence-electron chi connectivity index (χ1n) is 6.58. The number of nitrogens with zero attached hydrogens (tertiary/aromatic N) is 2. The highest BCUT2D eigenvalue weighted by molar-refractivity contribution is 5.85. The van der Waals surface area contributed by atoms with Crippen LogP contribution < -0.4 is 9.47 Å². The number of carbonyl (C=O) groups is 1. The van der Waals surface area contributed by atoms with E-state index < -0.39 is 5.97 Å². The van der Waals surface area contributed by atoms with Gasteiger partial charge in [-0.05, 0) is 30.7 Å². The molecule has 0 aliphatic carbocycles. The second kappa shape index (κ2) is 7.21. The molecule has 0 unspecified atom stereocenters. The number of hydrogen-bond acceptors (Lipinski definition) is 5. The van der Waals surface area contributed by atoms with E-state index in [2.05, 4.69) is 9.97 Å². The third-order valence-corrected chi connectivity index (χ3v) is 2.79.